The number of piperazine rings is 1. The van der Waals surface area contributed by atoms with Gasteiger partial charge in [-0.25, -0.2) is 8.42 Å². The molecule has 1 N–H and O–H groups in total. The topological polar surface area (TPSA) is 49.4 Å². The van der Waals surface area contributed by atoms with Crippen molar-refractivity contribution in [2.24, 2.45) is 0 Å². The first kappa shape index (κ1) is 13.5. The summed E-state index contributed by atoms with van der Waals surface area (Å²) in [6, 6.07) is 8.70. The van der Waals surface area contributed by atoms with Gasteiger partial charge >= 0.3 is 0 Å². The van der Waals surface area contributed by atoms with Crippen molar-refractivity contribution in [3.8, 4) is 0 Å². The second-order valence-electron chi connectivity index (χ2n) is 4.58. The first-order chi connectivity index (χ1) is 8.68. The Kier molecular flexibility index (Phi) is 4.74. The van der Waals surface area contributed by atoms with Crippen LogP contribution in [0, 0.1) is 0 Å². The summed E-state index contributed by atoms with van der Waals surface area (Å²) >= 11 is 0. The van der Waals surface area contributed by atoms with Crippen molar-refractivity contribution < 1.29 is 8.42 Å². The summed E-state index contributed by atoms with van der Waals surface area (Å²) in [6.45, 7) is 4.92. The third-order valence-corrected chi connectivity index (χ3v) is 5.02. The van der Waals surface area contributed by atoms with Crippen LogP contribution in [-0.2, 0) is 9.84 Å². The number of rotatable bonds is 5. The molecule has 0 amide bonds. The Hall–Kier alpha value is -0.910. The van der Waals surface area contributed by atoms with Crippen LogP contribution >= 0.6 is 0 Å². The molecule has 18 heavy (non-hydrogen) atoms. The lowest BCUT2D eigenvalue weighted by atomic mass is 10.3. The molecule has 0 aromatic heterocycles. The highest BCUT2D eigenvalue weighted by atomic mass is 32.2. The largest absolute Gasteiger partial charge is 0.314 e. The second kappa shape index (κ2) is 6.31. The van der Waals surface area contributed by atoms with Crippen LogP contribution in [0.2, 0.25) is 0 Å². The zero-order valence-electron chi connectivity index (χ0n) is 10.5. The lowest BCUT2D eigenvalue weighted by Gasteiger charge is -2.26. The summed E-state index contributed by atoms with van der Waals surface area (Å²) in [5.74, 6) is 0.237. The van der Waals surface area contributed by atoms with E-state index in [9.17, 15) is 8.42 Å². The fourth-order valence-corrected chi connectivity index (χ4v) is 3.48. The van der Waals surface area contributed by atoms with Crippen LogP contribution in [0.3, 0.4) is 0 Å². The summed E-state index contributed by atoms with van der Waals surface area (Å²) < 4.78 is 24.1. The molecule has 0 atom stereocenters. The van der Waals surface area contributed by atoms with Gasteiger partial charge in [-0.2, -0.15) is 0 Å². The van der Waals surface area contributed by atoms with E-state index in [1.165, 1.54) is 0 Å². The molecule has 1 aliphatic rings. The minimum atomic E-state index is -3.10. The molecule has 0 unspecified atom stereocenters. The van der Waals surface area contributed by atoms with Gasteiger partial charge in [0.15, 0.2) is 9.84 Å². The zero-order chi connectivity index (χ0) is 12.8. The van der Waals surface area contributed by atoms with Crippen LogP contribution in [0.15, 0.2) is 35.2 Å². The van der Waals surface area contributed by atoms with E-state index in [1.807, 2.05) is 6.07 Å². The minimum Gasteiger partial charge on any atom is -0.314 e. The molecule has 0 aliphatic carbocycles. The molecule has 1 fully saturated rings. The molecule has 1 saturated heterocycles. The molecule has 0 bridgehead atoms. The van der Waals surface area contributed by atoms with Gasteiger partial charge in [-0.3, -0.25) is 0 Å². The van der Waals surface area contributed by atoms with Gasteiger partial charge in [0.25, 0.3) is 0 Å². The lowest BCUT2D eigenvalue weighted by Crippen LogP contribution is -2.44. The molecule has 1 heterocycles. The third kappa shape index (κ3) is 3.80. The van der Waals surface area contributed by atoms with E-state index >= 15 is 0 Å². The number of sulfone groups is 1. The molecule has 5 heteroatoms. The average molecular weight is 268 g/mol. The Bertz CT molecular complexity index is 453. The molecular weight excluding hydrogens is 248 g/mol. The van der Waals surface area contributed by atoms with Crippen molar-refractivity contribution in [2.45, 2.75) is 11.3 Å². The van der Waals surface area contributed by atoms with Crippen molar-refractivity contribution in [1.82, 2.24) is 10.2 Å². The van der Waals surface area contributed by atoms with Crippen molar-refractivity contribution >= 4 is 9.84 Å². The highest BCUT2D eigenvalue weighted by Crippen LogP contribution is 2.11. The highest BCUT2D eigenvalue weighted by Gasteiger charge is 2.15. The van der Waals surface area contributed by atoms with E-state index in [0.29, 0.717) is 11.3 Å². The molecule has 0 spiro atoms. The SMILES string of the molecule is O=S(=O)(CCCN1CCNCC1)c1ccccc1. The van der Waals surface area contributed by atoms with Gasteiger partial charge in [0, 0.05) is 26.2 Å². The number of nitrogens with zero attached hydrogens (tertiary/aromatic N) is 1. The quantitative estimate of drug-likeness (QED) is 0.856. The van der Waals surface area contributed by atoms with Crippen LogP contribution in [0.1, 0.15) is 6.42 Å². The van der Waals surface area contributed by atoms with Gasteiger partial charge in [0.05, 0.1) is 10.6 Å². The van der Waals surface area contributed by atoms with Gasteiger partial charge in [-0.05, 0) is 25.1 Å². The van der Waals surface area contributed by atoms with Crippen molar-refractivity contribution in [1.29, 1.82) is 0 Å². The van der Waals surface area contributed by atoms with Gasteiger partial charge in [-0.15, -0.1) is 0 Å². The van der Waals surface area contributed by atoms with Crippen LogP contribution in [0.4, 0.5) is 0 Å². The van der Waals surface area contributed by atoms with E-state index in [1.54, 1.807) is 24.3 Å². The Labute approximate surface area is 109 Å². The standard InChI is InChI=1S/C13H20N2O2S/c16-18(17,13-5-2-1-3-6-13)12-4-9-15-10-7-14-8-11-15/h1-3,5-6,14H,4,7-12H2. The maximum absolute atomic E-state index is 12.0. The smallest absolute Gasteiger partial charge is 0.178 e. The third-order valence-electron chi connectivity index (χ3n) is 3.20. The lowest BCUT2D eigenvalue weighted by molar-refractivity contribution is 0.242. The van der Waals surface area contributed by atoms with Gasteiger partial charge in [0.2, 0.25) is 0 Å². The summed E-state index contributed by atoms with van der Waals surface area (Å²) in [6.07, 6.45) is 0.706. The molecule has 2 rings (SSSR count). The second-order valence-corrected chi connectivity index (χ2v) is 6.69. The van der Waals surface area contributed by atoms with Crippen molar-refractivity contribution in [3.05, 3.63) is 30.3 Å². The van der Waals surface area contributed by atoms with Crippen LogP contribution in [0.25, 0.3) is 0 Å². The summed E-state index contributed by atoms with van der Waals surface area (Å²) in [5, 5.41) is 3.29. The fourth-order valence-electron chi connectivity index (χ4n) is 2.16. The predicted molar refractivity (Wildman–Crippen MR) is 72.4 cm³/mol. The van der Waals surface area contributed by atoms with Gasteiger partial charge < -0.3 is 10.2 Å². The van der Waals surface area contributed by atoms with Crippen molar-refractivity contribution in [3.63, 3.8) is 0 Å². The molecule has 1 aromatic carbocycles. The molecule has 4 nitrogen and oxygen atoms in total. The van der Waals surface area contributed by atoms with Crippen molar-refractivity contribution in [2.75, 3.05) is 38.5 Å². The maximum Gasteiger partial charge on any atom is 0.178 e. The Morgan fingerprint density at radius 3 is 2.44 bits per heavy atom. The fraction of sp³-hybridized carbons (Fsp3) is 0.538. The molecule has 100 valence electrons. The van der Waals surface area contributed by atoms with Crippen LogP contribution in [0.5, 0.6) is 0 Å². The van der Waals surface area contributed by atoms with Crippen LogP contribution in [-0.4, -0.2) is 51.8 Å². The number of nitrogens with one attached hydrogen (secondary N) is 1. The minimum absolute atomic E-state index is 0.237. The zero-order valence-corrected chi connectivity index (χ0v) is 11.3. The van der Waals surface area contributed by atoms with E-state index in [0.717, 1.165) is 32.7 Å². The average Bonchev–Trinajstić information content (AvgIpc) is 2.41. The summed E-state index contributed by atoms with van der Waals surface area (Å²) in [5.41, 5.74) is 0. The first-order valence-electron chi connectivity index (χ1n) is 6.39. The Morgan fingerprint density at radius 1 is 1.11 bits per heavy atom. The van der Waals surface area contributed by atoms with E-state index in [-0.39, 0.29) is 5.75 Å². The maximum atomic E-state index is 12.0. The van der Waals surface area contributed by atoms with Crippen LogP contribution < -0.4 is 5.32 Å². The molecule has 0 radical (unpaired) electrons. The predicted octanol–water partition coefficient (Wildman–Crippen LogP) is 0.756. The molecule has 0 saturated carbocycles. The Morgan fingerprint density at radius 2 is 1.78 bits per heavy atom. The van der Waals surface area contributed by atoms with Gasteiger partial charge in [-0.1, -0.05) is 18.2 Å². The van der Waals surface area contributed by atoms with E-state index < -0.39 is 9.84 Å². The first-order valence-corrected chi connectivity index (χ1v) is 8.04. The Balaban J connectivity index is 1.82. The monoisotopic (exact) mass is 268 g/mol. The number of benzene rings is 1. The number of hydrogen-bond acceptors (Lipinski definition) is 4. The number of hydrogen-bond donors (Lipinski definition) is 1. The normalized spacial score (nSPS) is 17.8. The molecular formula is C13H20N2O2S. The van der Waals surface area contributed by atoms with E-state index in [4.69, 9.17) is 0 Å². The van der Waals surface area contributed by atoms with E-state index in [2.05, 4.69) is 10.2 Å². The van der Waals surface area contributed by atoms with Gasteiger partial charge in [0.1, 0.15) is 0 Å². The summed E-state index contributed by atoms with van der Waals surface area (Å²) in [7, 11) is -3.10. The highest BCUT2D eigenvalue weighted by molar-refractivity contribution is 7.91. The molecule has 1 aromatic rings. The molecule has 1 aliphatic heterocycles. The summed E-state index contributed by atoms with van der Waals surface area (Å²) in [4.78, 5) is 2.75.